The van der Waals surface area contributed by atoms with Gasteiger partial charge in [-0.2, -0.15) is 0 Å². The van der Waals surface area contributed by atoms with E-state index in [1.165, 1.54) is 7.11 Å². The maximum Gasteiger partial charge on any atom is 0.189 e. The van der Waals surface area contributed by atoms with Gasteiger partial charge >= 0.3 is 0 Å². The normalized spacial score (nSPS) is 30.2. The van der Waals surface area contributed by atoms with E-state index in [0.717, 1.165) is 19.3 Å². The summed E-state index contributed by atoms with van der Waals surface area (Å²) in [5, 5.41) is 0. The largest absolute Gasteiger partial charge is 0.377 e. The molecule has 1 fully saturated rings. The van der Waals surface area contributed by atoms with Gasteiger partial charge < -0.3 is 9.47 Å². The van der Waals surface area contributed by atoms with Crippen molar-refractivity contribution in [3.8, 4) is 0 Å². The Morgan fingerprint density at radius 3 is 2.83 bits per heavy atom. The van der Waals surface area contributed by atoms with E-state index in [9.17, 15) is 4.79 Å². The van der Waals surface area contributed by atoms with Gasteiger partial charge in [0.1, 0.15) is 12.2 Å². The summed E-state index contributed by atoms with van der Waals surface area (Å²) in [5.74, 6) is 0.0599. The monoisotopic (exact) mass is 172 g/mol. The Morgan fingerprint density at radius 2 is 2.33 bits per heavy atom. The van der Waals surface area contributed by atoms with Crippen LogP contribution in [-0.2, 0) is 14.3 Å². The zero-order chi connectivity index (χ0) is 9.03. The number of methoxy groups -OCH3 is 1. The molecule has 1 aliphatic rings. The third kappa shape index (κ3) is 2.05. The van der Waals surface area contributed by atoms with Gasteiger partial charge in [0.05, 0.1) is 0 Å². The summed E-state index contributed by atoms with van der Waals surface area (Å²) in [5.41, 5.74) is -0.575. The number of ether oxygens (including phenoxy) is 2. The van der Waals surface area contributed by atoms with Crippen molar-refractivity contribution in [2.45, 2.75) is 31.8 Å². The summed E-state index contributed by atoms with van der Waals surface area (Å²) < 4.78 is 10.2. The molecule has 12 heavy (non-hydrogen) atoms. The fourth-order valence-electron chi connectivity index (χ4n) is 1.44. The molecule has 0 spiro atoms. The van der Waals surface area contributed by atoms with Gasteiger partial charge in [0, 0.05) is 13.7 Å². The van der Waals surface area contributed by atoms with Crippen molar-refractivity contribution < 1.29 is 14.3 Å². The molecule has 0 aliphatic carbocycles. The molecule has 0 aromatic carbocycles. The van der Waals surface area contributed by atoms with Gasteiger partial charge in [0.2, 0.25) is 0 Å². The molecule has 0 N–H and O–H groups in total. The molecule has 0 saturated carbocycles. The van der Waals surface area contributed by atoms with E-state index in [-0.39, 0.29) is 12.4 Å². The predicted octanol–water partition coefficient (Wildman–Crippen LogP) is 1.16. The van der Waals surface area contributed by atoms with Crippen LogP contribution in [0.3, 0.4) is 0 Å². The number of Topliss-reactive ketones (excluding diaryl/α,β-unsaturated/α-hetero) is 1. The van der Waals surface area contributed by atoms with Crippen LogP contribution in [0.1, 0.15) is 26.2 Å². The number of hydrogen-bond acceptors (Lipinski definition) is 3. The lowest BCUT2D eigenvalue weighted by atomic mass is 9.92. The van der Waals surface area contributed by atoms with E-state index in [1.807, 2.05) is 6.92 Å². The van der Waals surface area contributed by atoms with Crippen LogP contribution in [0.4, 0.5) is 0 Å². The molecule has 1 saturated heterocycles. The minimum atomic E-state index is -0.575. The van der Waals surface area contributed by atoms with Gasteiger partial charge in [-0.1, -0.05) is 0 Å². The van der Waals surface area contributed by atoms with Crippen molar-refractivity contribution in [3.63, 3.8) is 0 Å². The second-order valence-electron chi connectivity index (χ2n) is 3.39. The van der Waals surface area contributed by atoms with Gasteiger partial charge in [0.15, 0.2) is 5.78 Å². The Hall–Kier alpha value is -0.410. The lowest BCUT2D eigenvalue weighted by Crippen LogP contribution is -2.43. The maximum atomic E-state index is 11.5. The van der Waals surface area contributed by atoms with Crippen LogP contribution < -0.4 is 0 Å². The summed E-state index contributed by atoms with van der Waals surface area (Å²) in [6.45, 7) is 2.72. The Kier molecular flexibility index (Phi) is 3.23. The van der Waals surface area contributed by atoms with E-state index in [0.29, 0.717) is 6.61 Å². The molecule has 0 aromatic heterocycles. The van der Waals surface area contributed by atoms with Crippen LogP contribution in [-0.4, -0.2) is 31.7 Å². The fourth-order valence-corrected chi connectivity index (χ4v) is 1.44. The molecule has 0 bridgehead atoms. The topological polar surface area (TPSA) is 35.5 Å². The van der Waals surface area contributed by atoms with Crippen LogP contribution >= 0.6 is 0 Å². The Labute approximate surface area is 73.0 Å². The summed E-state index contributed by atoms with van der Waals surface area (Å²) in [7, 11) is 1.53. The zero-order valence-corrected chi connectivity index (χ0v) is 7.76. The number of rotatable bonds is 3. The van der Waals surface area contributed by atoms with E-state index in [4.69, 9.17) is 9.47 Å². The highest BCUT2D eigenvalue weighted by molar-refractivity contribution is 5.88. The zero-order valence-electron chi connectivity index (χ0n) is 7.76. The number of hydrogen-bond donors (Lipinski definition) is 0. The third-order valence-corrected chi connectivity index (χ3v) is 2.33. The maximum absolute atomic E-state index is 11.5. The number of ketones is 1. The molecule has 0 aromatic rings. The van der Waals surface area contributed by atoms with E-state index < -0.39 is 5.60 Å². The van der Waals surface area contributed by atoms with Gasteiger partial charge in [-0.25, -0.2) is 0 Å². The molecule has 0 radical (unpaired) electrons. The van der Waals surface area contributed by atoms with Crippen LogP contribution in [0, 0.1) is 0 Å². The van der Waals surface area contributed by atoms with Crippen LogP contribution in [0.5, 0.6) is 0 Å². The lowest BCUT2D eigenvalue weighted by Gasteiger charge is -2.31. The molecular formula is C9H16O3. The van der Waals surface area contributed by atoms with Gasteiger partial charge in [-0.15, -0.1) is 0 Å². The van der Waals surface area contributed by atoms with Gasteiger partial charge in [0.25, 0.3) is 0 Å². The molecule has 70 valence electrons. The van der Waals surface area contributed by atoms with E-state index in [2.05, 4.69) is 0 Å². The quantitative estimate of drug-likeness (QED) is 0.641. The second kappa shape index (κ2) is 4.01. The highest BCUT2D eigenvalue weighted by atomic mass is 16.5. The lowest BCUT2D eigenvalue weighted by molar-refractivity contribution is -0.151. The van der Waals surface area contributed by atoms with E-state index in [1.54, 1.807) is 0 Å². The molecule has 3 heteroatoms. The molecule has 3 nitrogen and oxygen atoms in total. The summed E-state index contributed by atoms with van der Waals surface area (Å²) in [6, 6.07) is 0. The first kappa shape index (κ1) is 9.68. The Morgan fingerprint density at radius 1 is 1.58 bits per heavy atom. The number of carbonyl (C=O) groups is 1. The van der Waals surface area contributed by atoms with Crippen LogP contribution in [0.2, 0.25) is 0 Å². The summed E-state index contributed by atoms with van der Waals surface area (Å²) in [4.78, 5) is 11.5. The smallest absolute Gasteiger partial charge is 0.189 e. The van der Waals surface area contributed by atoms with Crippen molar-refractivity contribution >= 4 is 5.78 Å². The SMILES string of the molecule is COCC(=O)C1(C)CCCCO1. The molecule has 1 heterocycles. The summed E-state index contributed by atoms with van der Waals surface area (Å²) >= 11 is 0. The van der Waals surface area contributed by atoms with E-state index >= 15 is 0 Å². The highest BCUT2D eigenvalue weighted by Crippen LogP contribution is 2.25. The van der Waals surface area contributed by atoms with Crippen molar-refractivity contribution in [3.05, 3.63) is 0 Å². The van der Waals surface area contributed by atoms with Crippen LogP contribution in [0.25, 0.3) is 0 Å². The first-order valence-electron chi connectivity index (χ1n) is 4.35. The third-order valence-electron chi connectivity index (χ3n) is 2.33. The first-order valence-corrected chi connectivity index (χ1v) is 4.35. The van der Waals surface area contributed by atoms with Crippen molar-refractivity contribution in [1.29, 1.82) is 0 Å². The Bertz CT molecular complexity index is 159. The first-order chi connectivity index (χ1) is 5.69. The predicted molar refractivity (Wildman–Crippen MR) is 45.1 cm³/mol. The highest BCUT2D eigenvalue weighted by Gasteiger charge is 2.35. The van der Waals surface area contributed by atoms with Crippen LogP contribution in [0.15, 0.2) is 0 Å². The van der Waals surface area contributed by atoms with Gasteiger partial charge in [-0.05, 0) is 26.2 Å². The number of carbonyl (C=O) groups excluding carboxylic acids is 1. The van der Waals surface area contributed by atoms with Crippen molar-refractivity contribution in [2.75, 3.05) is 20.3 Å². The average molecular weight is 172 g/mol. The van der Waals surface area contributed by atoms with Gasteiger partial charge in [-0.3, -0.25) is 4.79 Å². The van der Waals surface area contributed by atoms with Crippen molar-refractivity contribution in [2.24, 2.45) is 0 Å². The standard InChI is InChI=1S/C9H16O3/c1-9(8(10)7-11-2)5-3-4-6-12-9/h3-7H2,1-2H3. The molecule has 1 unspecified atom stereocenters. The Balaban J connectivity index is 2.50. The van der Waals surface area contributed by atoms with Crippen molar-refractivity contribution in [1.82, 2.24) is 0 Å². The second-order valence-corrected chi connectivity index (χ2v) is 3.39. The minimum Gasteiger partial charge on any atom is -0.377 e. The minimum absolute atomic E-state index is 0.0599. The summed E-state index contributed by atoms with van der Waals surface area (Å²) in [6.07, 6.45) is 2.97. The average Bonchev–Trinajstić information content (AvgIpc) is 2.06. The molecule has 1 rings (SSSR count). The molecule has 1 aliphatic heterocycles. The fraction of sp³-hybridized carbons (Fsp3) is 0.889. The molecular weight excluding hydrogens is 156 g/mol. The molecule has 1 atom stereocenters. The molecule has 0 amide bonds.